The Morgan fingerprint density at radius 3 is 1.43 bits per heavy atom. The highest BCUT2D eigenvalue weighted by molar-refractivity contribution is 14.1. The Kier molecular flexibility index (Phi) is 14.1. The van der Waals surface area contributed by atoms with E-state index >= 15 is 0 Å². The molecule has 79 heavy (non-hydrogen) atoms. The molecule has 0 saturated carbocycles. The fourth-order valence-corrected chi connectivity index (χ4v) is 13.4. The van der Waals surface area contributed by atoms with Crippen molar-refractivity contribution < 1.29 is 30.4 Å². The summed E-state index contributed by atoms with van der Waals surface area (Å²) in [5, 5.41) is 12.0. The Hall–Kier alpha value is -8.73. The molecule has 10 heterocycles. The maximum Gasteiger partial charge on any atom is 0.268 e. The number of allylic oxidation sites excluding steroid dienone is 1. The van der Waals surface area contributed by atoms with E-state index in [0.717, 1.165) is 88.6 Å². The summed E-state index contributed by atoms with van der Waals surface area (Å²) in [7, 11) is -7.56. The lowest BCUT2D eigenvalue weighted by molar-refractivity contribution is 0.393. The standard InChI is InChI=1S/C23H18N4O3S.C18H14IN3O3S.C18H15N3O/c1-15-22(16(2)30-26-15)18-11-21-23(25-13-18)20(17-7-6-10-24-12-17)14-27(21)31(28,29)19-8-4-3-5-9-19;1-11-17(12(2)25-21-11)13-8-16-18(20-9-13)15(19)10-22(16)26(23,24)14-6-4-3-5-7-14;1-11-17(12(2)22-21-11)15-8-13-5-6-16(18(13)20-10-15)14-4-3-7-19-9-14/h3-14H,1-2H3;3-10H,1-2H3;3-4,6-10H,5H2,1-2H3. The summed E-state index contributed by atoms with van der Waals surface area (Å²) in [5.74, 6) is 2.15. The molecule has 0 saturated heterocycles. The maximum absolute atomic E-state index is 13.5. The van der Waals surface area contributed by atoms with Crippen LogP contribution in [0.1, 0.15) is 51.2 Å². The van der Waals surface area contributed by atoms with E-state index in [-0.39, 0.29) is 9.79 Å². The van der Waals surface area contributed by atoms with Gasteiger partial charge in [0.15, 0.2) is 0 Å². The predicted octanol–water partition coefficient (Wildman–Crippen LogP) is 12.5. The van der Waals surface area contributed by atoms with Crippen molar-refractivity contribution in [3.63, 3.8) is 0 Å². The summed E-state index contributed by atoms with van der Waals surface area (Å²) in [6.45, 7) is 11.2. The zero-order valence-corrected chi connectivity index (χ0v) is 47.1. The first-order chi connectivity index (χ1) is 38.1. The molecule has 0 N–H and O–H groups in total. The molecular weight excluding hydrogens is 1150 g/mol. The molecule has 20 heteroatoms. The zero-order valence-electron chi connectivity index (χ0n) is 43.3. The molecule has 0 bridgehead atoms. The number of hydrogen-bond acceptors (Lipinski definition) is 15. The summed E-state index contributed by atoms with van der Waals surface area (Å²) in [6.07, 6.45) is 18.7. The SMILES string of the molecule is Cc1noc(C)c1-c1cnc2c(-c3cccnc3)cn(S(=O)(=O)c3ccccc3)c2c1.Cc1noc(C)c1-c1cnc2c(I)cn(S(=O)(=O)c3ccccc3)c2c1.Cc1noc(C)c1-c1cnc2c(c1)CC=C2c1cccnc1. The summed E-state index contributed by atoms with van der Waals surface area (Å²) in [4.78, 5) is 22.6. The van der Waals surface area contributed by atoms with E-state index in [4.69, 9.17) is 13.6 Å². The number of rotatable bonds is 9. The number of halogens is 1. The Morgan fingerprint density at radius 1 is 0.494 bits per heavy atom. The normalized spacial score (nSPS) is 12.2. The molecule has 12 aromatic rings. The molecule has 1 aliphatic rings. The van der Waals surface area contributed by atoms with Crippen molar-refractivity contribution in [2.45, 2.75) is 57.8 Å². The van der Waals surface area contributed by atoms with E-state index in [1.54, 1.807) is 104 Å². The second-order valence-corrected chi connectivity index (χ2v) is 23.4. The molecule has 0 amide bonds. The van der Waals surface area contributed by atoms with Crippen LogP contribution >= 0.6 is 22.6 Å². The van der Waals surface area contributed by atoms with Gasteiger partial charge in [0.2, 0.25) is 0 Å². The highest BCUT2D eigenvalue weighted by Crippen LogP contribution is 2.38. The van der Waals surface area contributed by atoms with Crippen molar-refractivity contribution in [2.75, 3.05) is 0 Å². The van der Waals surface area contributed by atoms with Gasteiger partial charge < -0.3 is 13.6 Å². The van der Waals surface area contributed by atoms with Crippen LogP contribution in [0.3, 0.4) is 0 Å². The van der Waals surface area contributed by atoms with Gasteiger partial charge in [-0.25, -0.2) is 24.8 Å². The second-order valence-electron chi connectivity index (χ2n) is 18.6. The smallest absolute Gasteiger partial charge is 0.268 e. The molecule has 0 aliphatic heterocycles. The highest BCUT2D eigenvalue weighted by atomic mass is 127. The summed E-state index contributed by atoms with van der Waals surface area (Å²) in [6, 6.07) is 30.2. The van der Waals surface area contributed by atoms with Crippen molar-refractivity contribution in [1.29, 1.82) is 0 Å². The van der Waals surface area contributed by atoms with Crippen LogP contribution in [0.4, 0.5) is 0 Å². The fraction of sp³-hybridized carbons (Fsp3) is 0.119. The number of aryl methyl sites for hydroxylation is 6. The number of hydrogen-bond donors (Lipinski definition) is 0. The number of nitrogens with zero attached hydrogens (tertiary/aromatic N) is 10. The number of fused-ring (bicyclic) bond motifs is 3. The molecule has 0 spiro atoms. The fourth-order valence-electron chi connectivity index (χ4n) is 9.75. The van der Waals surface area contributed by atoms with Crippen molar-refractivity contribution >= 4 is 70.3 Å². The number of benzene rings is 2. The molecule has 13 rings (SSSR count). The van der Waals surface area contributed by atoms with Gasteiger partial charge in [0.25, 0.3) is 20.0 Å². The van der Waals surface area contributed by atoms with Crippen molar-refractivity contribution in [2.24, 2.45) is 0 Å². The number of aromatic nitrogens is 10. The average molecular weight is 1200 g/mol. The average Bonchev–Trinajstić information content (AvgIpc) is 4.39. The van der Waals surface area contributed by atoms with Crippen molar-refractivity contribution in [3.8, 4) is 44.5 Å². The molecule has 0 radical (unpaired) electrons. The number of pyridine rings is 5. The van der Waals surface area contributed by atoms with Crippen LogP contribution < -0.4 is 0 Å². The van der Waals surface area contributed by atoms with Gasteiger partial charge in [0.1, 0.15) is 22.8 Å². The first-order valence-electron chi connectivity index (χ1n) is 24.7. The third-order valence-electron chi connectivity index (χ3n) is 13.4. The van der Waals surface area contributed by atoms with E-state index in [0.29, 0.717) is 39.2 Å². The molecule has 17 nitrogen and oxygen atoms in total. The zero-order chi connectivity index (χ0) is 55.2. The Bertz CT molecular complexity index is 4460. The minimum absolute atomic E-state index is 0.201. The molecule has 0 atom stereocenters. The van der Waals surface area contributed by atoms with Gasteiger partial charge in [-0.3, -0.25) is 24.9 Å². The lowest BCUT2D eigenvalue weighted by Crippen LogP contribution is -2.11. The van der Waals surface area contributed by atoms with Crippen LogP contribution in [0.15, 0.2) is 188 Å². The topological polar surface area (TPSA) is 221 Å². The summed E-state index contributed by atoms with van der Waals surface area (Å²) >= 11 is 2.10. The van der Waals surface area contributed by atoms with E-state index in [1.165, 1.54) is 13.5 Å². The summed E-state index contributed by atoms with van der Waals surface area (Å²) < 4.78 is 72.3. The molecule has 0 fully saturated rings. The van der Waals surface area contributed by atoms with Crippen molar-refractivity contribution in [3.05, 3.63) is 220 Å². The van der Waals surface area contributed by atoms with Crippen LogP contribution in [0.5, 0.6) is 0 Å². The van der Waals surface area contributed by atoms with E-state index in [1.807, 2.05) is 84.3 Å². The van der Waals surface area contributed by atoms with E-state index in [9.17, 15) is 16.8 Å². The third kappa shape index (κ3) is 9.86. The van der Waals surface area contributed by atoms with Gasteiger partial charge in [-0.05, 0) is 131 Å². The van der Waals surface area contributed by atoms with Crippen LogP contribution in [0.2, 0.25) is 0 Å². The molecule has 394 valence electrons. The Labute approximate surface area is 468 Å². The summed E-state index contributed by atoms with van der Waals surface area (Å²) in [5.41, 5.74) is 15.8. The second kappa shape index (κ2) is 21.2. The van der Waals surface area contributed by atoms with E-state index in [2.05, 4.69) is 81.2 Å². The third-order valence-corrected chi connectivity index (χ3v) is 17.6. The van der Waals surface area contributed by atoms with Gasteiger partial charge in [0.05, 0.1) is 52.7 Å². The van der Waals surface area contributed by atoms with Crippen LogP contribution in [0, 0.1) is 45.1 Å². The monoisotopic (exact) mass is 1200 g/mol. The van der Waals surface area contributed by atoms with Crippen molar-refractivity contribution in [1.82, 2.24) is 48.3 Å². The maximum atomic E-state index is 13.5. The molecular formula is C59H47IN10O7S2. The van der Waals surface area contributed by atoms with Crippen LogP contribution in [-0.4, -0.2) is 65.2 Å². The highest BCUT2D eigenvalue weighted by Gasteiger charge is 2.26. The minimum atomic E-state index is -3.84. The molecule has 2 aromatic carbocycles. The molecule has 10 aromatic heterocycles. The Balaban J connectivity index is 0.000000127. The van der Waals surface area contributed by atoms with Gasteiger partial charge in [-0.1, -0.05) is 70.1 Å². The van der Waals surface area contributed by atoms with E-state index < -0.39 is 20.0 Å². The Morgan fingerprint density at radius 2 is 0.949 bits per heavy atom. The molecule has 1 aliphatic carbocycles. The quantitative estimate of drug-likeness (QED) is 0.123. The van der Waals surface area contributed by atoms with Gasteiger partial charge in [0, 0.05) is 111 Å². The first kappa shape index (κ1) is 52.3. The minimum Gasteiger partial charge on any atom is -0.361 e. The van der Waals surface area contributed by atoms with Crippen LogP contribution in [-0.2, 0) is 26.5 Å². The lowest BCUT2D eigenvalue weighted by Gasteiger charge is -2.08. The van der Waals surface area contributed by atoms with Crippen LogP contribution in [0.25, 0.3) is 72.1 Å². The van der Waals surface area contributed by atoms with Gasteiger partial charge in [-0.15, -0.1) is 0 Å². The first-order valence-corrected chi connectivity index (χ1v) is 28.6. The largest absolute Gasteiger partial charge is 0.361 e. The van der Waals surface area contributed by atoms with Gasteiger partial charge >= 0.3 is 0 Å². The molecule has 0 unspecified atom stereocenters. The predicted molar refractivity (Wildman–Crippen MR) is 308 cm³/mol. The van der Waals surface area contributed by atoms with Gasteiger partial charge in [-0.2, -0.15) is 0 Å². The lowest BCUT2D eigenvalue weighted by atomic mass is 10.0.